The number of anilines is 1. The second-order valence-corrected chi connectivity index (χ2v) is 8.49. The molecule has 12 heteroatoms. The number of hydrogen-bond acceptors (Lipinski definition) is 10. The van der Waals surface area contributed by atoms with Crippen molar-refractivity contribution < 1.29 is 23.7 Å². The number of halogens is 1. The lowest BCUT2D eigenvalue weighted by atomic mass is 10.00. The van der Waals surface area contributed by atoms with E-state index in [0.717, 1.165) is 16.9 Å². The summed E-state index contributed by atoms with van der Waals surface area (Å²) in [5.74, 6) is 0.109. The second kappa shape index (κ2) is 10.3. The monoisotopic (exact) mass is 521 g/mol. The smallest absolute Gasteiger partial charge is 0.295 e. The molecule has 1 atom stereocenters. The van der Waals surface area contributed by atoms with Crippen molar-refractivity contribution in [3.05, 3.63) is 40.4 Å². The number of nitrogens with one attached hydrogen (secondary N) is 1. The van der Waals surface area contributed by atoms with Gasteiger partial charge < -0.3 is 18.9 Å². The molecule has 1 amide bonds. The summed E-state index contributed by atoms with van der Waals surface area (Å²) in [4.78, 5) is 21.6. The number of rotatable bonds is 7. The van der Waals surface area contributed by atoms with E-state index in [2.05, 4.69) is 41.4 Å². The Balaban J connectivity index is 1.53. The lowest BCUT2D eigenvalue weighted by Crippen LogP contribution is -2.33. The van der Waals surface area contributed by atoms with Gasteiger partial charge >= 0.3 is 0 Å². The van der Waals surface area contributed by atoms with Crippen molar-refractivity contribution >= 4 is 38.3 Å². The Morgan fingerprint density at radius 2 is 2.22 bits per heavy atom. The first kappa shape index (κ1) is 22.5. The number of pyridine rings is 2. The molecule has 10 nitrogen and oxygen atoms in total. The summed E-state index contributed by atoms with van der Waals surface area (Å²) in [5, 5.41) is 11.3. The Kier molecular flexibility index (Phi) is 7.25. The van der Waals surface area contributed by atoms with Gasteiger partial charge in [-0.25, -0.2) is 4.98 Å². The van der Waals surface area contributed by atoms with E-state index in [1.54, 1.807) is 19.4 Å². The van der Waals surface area contributed by atoms with Crippen LogP contribution in [0.5, 0.6) is 10.9 Å². The zero-order chi connectivity index (χ0) is 22.5. The van der Waals surface area contributed by atoms with Crippen molar-refractivity contribution in [2.45, 2.75) is 13.0 Å². The van der Waals surface area contributed by atoms with Crippen LogP contribution in [0, 0.1) is 6.92 Å². The molecule has 0 spiro atoms. The van der Waals surface area contributed by atoms with Crippen LogP contribution in [0.2, 0.25) is 0 Å². The van der Waals surface area contributed by atoms with Gasteiger partial charge in [-0.2, -0.15) is 0 Å². The molecule has 1 fully saturated rings. The fourth-order valence-corrected chi connectivity index (χ4v) is 4.10. The van der Waals surface area contributed by atoms with Crippen molar-refractivity contribution in [3.63, 3.8) is 0 Å². The Bertz CT molecular complexity index is 1110. The molecular formula is C20H20BrN5O5S. The predicted molar refractivity (Wildman–Crippen MR) is 120 cm³/mol. The highest BCUT2D eigenvalue weighted by atomic mass is 79.9. The van der Waals surface area contributed by atoms with Gasteiger partial charge in [0.05, 0.1) is 38.2 Å². The number of nitrogens with zero attached hydrogens (tertiary/aromatic N) is 4. The highest BCUT2D eigenvalue weighted by molar-refractivity contribution is 9.10. The van der Waals surface area contributed by atoms with Gasteiger partial charge in [0.15, 0.2) is 0 Å². The summed E-state index contributed by atoms with van der Waals surface area (Å²) < 4.78 is 22.7. The summed E-state index contributed by atoms with van der Waals surface area (Å²) in [7, 11) is 1.54. The van der Waals surface area contributed by atoms with Crippen LogP contribution in [0.3, 0.4) is 0 Å². The number of hydrogen-bond donors (Lipinski definition) is 1. The third kappa shape index (κ3) is 5.21. The Hall–Kier alpha value is -2.67. The molecule has 0 aliphatic carbocycles. The van der Waals surface area contributed by atoms with Crippen LogP contribution >= 0.6 is 27.3 Å². The summed E-state index contributed by atoms with van der Waals surface area (Å²) >= 11 is 4.49. The topological polar surface area (TPSA) is 118 Å². The van der Waals surface area contributed by atoms with Gasteiger partial charge in [0.1, 0.15) is 23.1 Å². The Morgan fingerprint density at radius 1 is 1.34 bits per heavy atom. The largest absolute Gasteiger partial charge is 0.494 e. The number of methoxy groups -OCH3 is 1. The maximum Gasteiger partial charge on any atom is 0.295 e. The van der Waals surface area contributed by atoms with Crippen molar-refractivity contribution in [2.75, 3.05) is 38.9 Å². The zero-order valence-electron chi connectivity index (χ0n) is 17.3. The lowest BCUT2D eigenvalue weighted by Gasteiger charge is -2.22. The van der Waals surface area contributed by atoms with Crippen molar-refractivity contribution in [3.8, 4) is 22.1 Å². The van der Waals surface area contributed by atoms with Crippen molar-refractivity contribution in [2.24, 2.45) is 0 Å². The quantitative estimate of drug-likeness (QED) is 0.467. The number of aromatic nitrogens is 4. The van der Waals surface area contributed by atoms with Crippen molar-refractivity contribution in [1.29, 1.82) is 0 Å². The molecule has 32 heavy (non-hydrogen) atoms. The van der Waals surface area contributed by atoms with E-state index in [1.165, 1.54) is 6.20 Å². The van der Waals surface area contributed by atoms with Crippen LogP contribution in [-0.4, -0.2) is 65.7 Å². The van der Waals surface area contributed by atoms with E-state index < -0.39 is 5.91 Å². The highest BCUT2D eigenvalue weighted by Crippen LogP contribution is 2.36. The van der Waals surface area contributed by atoms with E-state index in [-0.39, 0.29) is 6.10 Å². The molecule has 0 bridgehead atoms. The molecule has 0 saturated carbocycles. The summed E-state index contributed by atoms with van der Waals surface area (Å²) in [6, 6.07) is 3.61. The fourth-order valence-electron chi connectivity index (χ4n) is 3.13. The van der Waals surface area contributed by atoms with Gasteiger partial charge in [0.2, 0.25) is 5.13 Å². The molecule has 0 radical (unpaired) electrons. The van der Waals surface area contributed by atoms with Gasteiger partial charge in [-0.1, -0.05) is 5.10 Å². The van der Waals surface area contributed by atoms with Crippen LogP contribution in [0.1, 0.15) is 16.1 Å². The number of carbonyl (C=O) groups is 1. The van der Waals surface area contributed by atoms with E-state index >= 15 is 0 Å². The van der Waals surface area contributed by atoms with Crippen LogP contribution in [0.25, 0.3) is 11.1 Å². The van der Waals surface area contributed by atoms with Crippen LogP contribution < -0.4 is 14.8 Å². The first-order chi connectivity index (χ1) is 15.5. The van der Waals surface area contributed by atoms with Gasteiger partial charge in [-0.05, 0) is 51.9 Å². The second-order valence-electron chi connectivity index (χ2n) is 6.74. The number of aryl methyl sites for hydroxylation is 1. The average Bonchev–Trinajstić information content (AvgIpc) is 3.25. The maximum atomic E-state index is 13.1. The number of amides is 1. The average molecular weight is 522 g/mol. The molecule has 4 rings (SSSR count). The molecule has 1 aliphatic rings. The molecule has 4 heterocycles. The van der Waals surface area contributed by atoms with Gasteiger partial charge in [-0.15, -0.1) is 5.10 Å². The number of ether oxygens (including phenoxy) is 4. The molecule has 0 unspecified atom stereocenters. The predicted octanol–water partition coefficient (Wildman–Crippen LogP) is 3.12. The molecule has 0 aromatic carbocycles. The summed E-state index contributed by atoms with van der Waals surface area (Å²) in [5.41, 5.74) is 2.36. The summed E-state index contributed by atoms with van der Waals surface area (Å²) in [6.07, 6.45) is 3.00. The molecule has 168 valence electrons. The standard InChI is InChI=1S/C20H20BrN5O5S/c1-11-17(28-2)16(12-3-4-22-15(21)7-12)14(8-23-11)18(27)24-19-25-26-20(32-19)31-10-13-9-29-5-6-30-13/h3-4,7-8,13H,5-6,9-10H2,1-2H3,(H,24,25,27)/t13-/m1/s1. The fraction of sp³-hybridized carbons (Fsp3) is 0.350. The summed E-state index contributed by atoms with van der Waals surface area (Å²) in [6.45, 7) is 3.70. The first-order valence-electron chi connectivity index (χ1n) is 9.67. The van der Waals surface area contributed by atoms with Crippen molar-refractivity contribution in [1.82, 2.24) is 20.2 Å². The van der Waals surface area contributed by atoms with E-state index in [4.69, 9.17) is 18.9 Å². The van der Waals surface area contributed by atoms with Crippen LogP contribution in [-0.2, 0) is 9.47 Å². The Morgan fingerprint density at radius 3 is 2.97 bits per heavy atom. The van der Waals surface area contributed by atoms with Gasteiger partial charge in [0, 0.05) is 18.0 Å². The van der Waals surface area contributed by atoms with Crippen LogP contribution in [0.15, 0.2) is 29.1 Å². The lowest BCUT2D eigenvalue weighted by molar-refractivity contribution is -0.101. The normalized spacial score (nSPS) is 15.9. The molecular weight excluding hydrogens is 502 g/mol. The molecule has 3 aromatic rings. The van der Waals surface area contributed by atoms with Gasteiger partial charge in [-0.3, -0.25) is 15.1 Å². The third-order valence-corrected chi connectivity index (χ3v) is 5.77. The van der Waals surface area contributed by atoms with Gasteiger partial charge in [0.25, 0.3) is 11.1 Å². The molecule has 1 saturated heterocycles. The zero-order valence-corrected chi connectivity index (χ0v) is 19.7. The maximum absolute atomic E-state index is 13.1. The van der Waals surface area contributed by atoms with E-state index in [1.807, 2.05) is 13.0 Å². The van der Waals surface area contributed by atoms with E-state index in [0.29, 0.717) is 63.9 Å². The highest BCUT2D eigenvalue weighted by Gasteiger charge is 2.22. The Labute approximate surface area is 196 Å². The van der Waals surface area contributed by atoms with E-state index in [9.17, 15) is 4.79 Å². The first-order valence-corrected chi connectivity index (χ1v) is 11.3. The molecule has 1 N–H and O–H groups in total. The third-order valence-electron chi connectivity index (χ3n) is 4.58. The molecule has 3 aromatic heterocycles. The number of carbonyl (C=O) groups excluding carboxylic acids is 1. The SMILES string of the molecule is COc1c(C)ncc(C(=O)Nc2nnc(OC[C@H]3COCCO3)s2)c1-c1ccnc(Br)c1. The molecule has 1 aliphatic heterocycles. The van der Waals surface area contributed by atoms with Crippen LogP contribution in [0.4, 0.5) is 5.13 Å². The minimum atomic E-state index is -0.398. The minimum Gasteiger partial charge on any atom is -0.494 e. The minimum absolute atomic E-state index is 0.154.